The molecule has 2 aromatic rings. The van der Waals surface area contributed by atoms with E-state index in [0.717, 1.165) is 36.8 Å². The number of hydrogen-bond acceptors (Lipinski definition) is 3. The molecule has 1 aliphatic heterocycles. The molecule has 8 heteroatoms. The van der Waals surface area contributed by atoms with Crippen molar-refractivity contribution in [2.45, 2.75) is 70.5 Å². The van der Waals surface area contributed by atoms with Gasteiger partial charge in [0.05, 0.1) is 0 Å². The summed E-state index contributed by atoms with van der Waals surface area (Å²) in [5.41, 5.74) is 2.68. The van der Waals surface area contributed by atoms with Gasteiger partial charge in [0.2, 0.25) is 5.91 Å². The van der Waals surface area contributed by atoms with E-state index < -0.39 is 12.1 Å². The summed E-state index contributed by atoms with van der Waals surface area (Å²) < 4.78 is 0. The molecule has 2 aliphatic rings. The first-order valence-electron chi connectivity index (χ1n) is 13.4. The van der Waals surface area contributed by atoms with E-state index in [9.17, 15) is 14.4 Å². The quantitative estimate of drug-likeness (QED) is 0.546. The van der Waals surface area contributed by atoms with Crippen LogP contribution in [0.3, 0.4) is 0 Å². The lowest BCUT2D eigenvalue weighted by Crippen LogP contribution is -2.61. The van der Waals surface area contributed by atoms with Gasteiger partial charge < -0.3 is 25.8 Å². The van der Waals surface area contributed by atoms with E-state index in [-0.39, 0.29) is 24.0 Å². The van der Waals surface area contributed by atoms with Crippen LogP contribution in [0.25, 0.3) is 0 Å². The molecule has 2 atom stereocenters. The minimum absolute atomic E-state index is 0.0389. The summed E-state index contributed by atoms with van der Waals surface area (Å²) in [6.07, 6.45) is 6.03. The molecule has 8 nitrogen and oxygen atoms in total. The third kappa shape index (κ3) is 7.47. The molecule has 1 saturated heterocycles. The van der Waals surface area contributed by atoms with Crippen molar-refractivity contribution in [2.24, 2.45) is 0 Å². The van der Waals surface area contributed by atoms with Crippen molar-refractivity contribution >= 4 is 23.7 Å². The van der Waals surface area contributed by atoms with Gasteiger partial charge in [0.1, 0.15) is 6.04 Å². The number of aryl methyl sites for hydroxylation is 1. The van der Waals surface area contributed by atoms with E-state index in [2.05, 4.69) is 16.0 Å². The highest BCUT2D eigenvalue weighted by Gasteiger charge is 2.34. The number of nitrogens with zero attached hydrogens (tertiary/aromatic N) is 2. The first-order chi connectivity index (χ1) is 17.9. The fourth-order valence-corrected chi connectivity index (χ4v) is 5.28. The molecule has 0 aromatic heterocycles. The summed E-state index contributed by atoms with van der Waals surface area (Å²) in [4.78, 5) is 43.0. The number of hydrogen-bond donors (Lipinski definition) is 3. The minimum atomic E-state index is -0.720. The number of amides is 5. The minimum Gasteiger partial charge on any atom is -0.337 e. The van der Waals surface area contributed by atoms with Crippen LogP contribution in [0.4, 0.5) is 15.3 Å². The normalized spacial score (nSPS) is 19.1. The first kappa shape index (κ1) is 26.5. The van der Waals surface area contributed by atoms with Crippen molar-refractivity contribution in [3.63, 3.8) is 0 Å². The standard InChI is InChI=1S/C29H39N5O3/c1-21-10-9-15-25(18-21)30-28(36)32-26(19-23-11-5-3-6-12-23)27(35)33-16-17-34(22(2)20-33)29(37)31-24-13-7-4-8-14-24/h3,5-6,9-12,15,18,22,24,26H,4,7-8,13-14,16-17,19-20H2,1-2H3,(H,31,37)(H2,30,32,36). The van der Waals surface area contributed by atoms with Gasteiger partial charge in [-0.25, -0.2) is 9.59 Å². The predicted octanol–water partition coefficient (Wildman–Crippen LogP) is 4.30. The fraction of sp³-hybridized carbons (Fsp3) is 0.483. The van der Waals surface area contributed by atoms with Gasteiger partial charge in [-0.05, 0) is 49.9 Å². The van der Waals surface area contributed by atoms with Crippen LogP contribution < -0.4 is 16.0 Å². The molecule has 4 rings (SSSR count). The Morgan fingerprint density at radius 2 is 1.73 bits per heavy atom. The van der Waals surface area contributed by atoms with Crippen LogP contribution in [-0.4, -0.2) is 65.5 Å². The highest BCUT2D eigenvalue weighted by molar-refractivity contribution is 5.94. The Hall–Kier alpha value is -3.55. The van der Waals surface area contributed by atoms with E-state index >= 15 is 0 Å². The lowest BCUT2D eigenvalue weighted by molar-refractivity contribution is -0.135. The SMILES string of the molecule is Cc1cccc(NC(=O)NC(Cc2ccccc2)C(=O)N2CCN(C(=O)NC3CCCCC3)C(C)C2)c1. The van der Waals surface area contributed by atoms with Crippen LogP contribution in [0.2, 0.25) is 0 Å². The zero-order valence-electron chi connectivity index (χ0n) is 21.9. The Morgan fingerprint density at radius 3 is 2.43 bits per heavy atom. The third-order valence-electron chi connectivity index (χ3n) is 7.29. The summed E-state index contributed by atoms with van der Waals surface area (Å²) in [5, 5.41) is 8.93. The van der Waals surface area contributed by atoms with E-state index in [4.69, 9.17) is 0 Å². The van der Waals surface area contributed by atoms with E-state index in [1.807, 2.05) is 73.3 Å². The molecule has 1 aliphatic carbocycles. The molecule has 2 aromatic carbocycles. The van der Waals surface area contributed by atoms with Gasteiger partial charge in [-0.15, -0.1) is 0 Å². The molecule has 3 N–H and O–H groups in total. The molecule has 0 radical (unpaired) electrons. The highest BCUT2D eigenvalue weighted by Crippen LogP contribution is 2.19. The first-order valence-corrected chi connectivity index (χ1v) is 13.4. The van der Waals surface area contributed by atoms with Crippen molar-refractivity contribution in [3.8, 4) is 0 Å². The predicted molar refractivity (Wildman–Crippen MR) is 145 cm³/mol. The Labute approximate surface area is 219 Å². The Morgan fingerprint density at radius 1 is 0.973 bits per heavy atom. The number of carbonyl (C=O) groups excluding carboxylic acids is 3. The highest BCUT2D eigenvalue weighted by atomic mass is 16.2. The Balaban J connectivity index is 1.39. The molecule has 2 fully saturated rings. The zero-order valence-corrected chi connectivity index (χ0v) is 21.9. The van der Waals surface area contributed by atoms with Crippen molar-refractivity contribution in [1.29, 1.82) is 0 Å². The second kappa shape index (κ2) is 12.6. The largest absolute Gasteiger partial charge is 0.337 e. The maximum atomic E-state index is 13.6. The average molecular weight is 506 g/mol. The third-order valence-corrected chi connectivity index (χ3v) is 7.29. The zero-order chi connectivity index (χ0) is 26.2. The molecule has 1 heterocycles. The number of rotatable bonds is 6. The number of anilines is 1. The number of benzene rings is 2. The lowest BCUT2D eigenvalue weighted by atomic mass is 9.96. The lowest BCUT2D eigenvalue weighted by Gasteiger charge is -2.41. The average Bonchev–Trinajstić information content (AvgIpc) is 2.89. The van der Waals surface area contributed by atoms with Gasteiger partial charge in [0.15, 0.2) is 0 Å². The van der Waals surface area contributed by atoms with Crippen molar-refractivity contribution in [3.05, 3.63) is 65.7 Å². The Kier molecular flexibility index (Phi) is 9.04. The second-order valence-corrected chi connectivity index (χ2v) is 10.3. The number of piperazine rings is 1. The maximum absolute atomic E-state index is 13.6. The number of urea groups is 2. The fourth-order valence-electron chi connectivity index (χ4n) is 5.28. The van der Waals surface area contributed by atoms with Crippen molar-refractivity contribution < 1.29 is 14.4 Å². The van der Waals surface area contributed by atoms with Crippen molar-refractivity contribution in [1.82, 2.24) is 20.4 Å². The molecular weight excluding hydrogens is 466 g/mol. The van der Waals surface area contributed by atoms with E-state index in [0.29, 0.717) is 31.7 Å². The van der Waals surface area contributed by atoms with Gasteiger partial charge in [0, 0.05) is 43.8 Å². The molecule has 37 heavy (non-hydrogen) atoms. The number of carbonyl (C=O) groups is 3. The van der Waals surface area contributed by atoms with Crippen LogP contribution in [0.15, 0.2) is 54.6 Å². The maximum Gasteiger partial charge on any atom is 0.319 e. The molecule has 0 spiro atoms. The van der Waals surface area contributed by atoms with Crippen LogP contribution in [0.5, 0.6) is 0 Å². The van der Waals surface area contributed by atoms with Crippen LogP contribution >= 0.6 is 0 Å². The Bertz CT molecular complexity index is 1070. The second-order valence-electron chi connectivity index (χ2n) is 10.3. The van der Waals surface area contributed by atoms with Crippen molar-refractivity contribution in [2.75, 3.05) is 25.0 Å². The van der Waals surface area contributed by atoms with Crippen LogP contribution in [0.1, 0.15) is 50.2 Å². The monoisotopic (exact) mass is 505 g/mol. The van der Waals surface area contributed by atoms with E-state index in [1.165, 1.54) is 6.42 Å². The molecule has 0 bridgehead atoms. The van der Waals surface area contributed by atoms with Gasteiger partial charge in [-0.1, -0.05) is 61.7 Å². The molecular formula is C29H39N5O3. The smallest absolute Gasteiger partial charge is 0.319 e. The van der Waals surface area contributed by atoms with Gasteiger partial charge >= 0.3 is 12.1 Å². The molecule has 2 unspecified atom stereocenters. The summed E-state index contributed by atoms with van der Waals surface area (Å²) in [6.45, 7) is 5.28. The van der Waals surface area contributed by atoms with Crippen LogP contribution in [-0.2, 0) is 11.2 Å². The summed E-state index contributed by atoms with van der Waals surface area (Å²) >= 11 is 0. The molecule has 198 valence electrons. The van der Waals surface area contributed by atoms with Gasteiger partial charge in [-0.2, -0.15) is 0 Å². The summed E-state index contributed by atoms with van der Waals surface area (Å²) in [7, 11) is 0. The number of nitrogens with one attached hydrogen (secondary N) is 3. The van der Waals surface area contributed by atoms with Crippen LogP contribution in [0, 0.1) is 6.92 Å². The molecule has 1 saturated carbocycles. The summed E-state index contributed by atoms with van der Waals surface area (Å²) in [6, 6.07) is 16.2. The topological polar surface area (TPSA) is 93.8 Å². The van der Waals surface area contributed by atoms with Gasteiger partial charge in [0.25, 0.3) is 0 Å². The van der Waals surface area contributed by atoms with E-state index in [1.54, 1.807) is 4.90 Å². The summed E-state index contributed by atoms with van der Waals surface area (Å²) in [5.74, 6) is -0.137. The molecule has 5 amide bonds. The van der Waals surface area contributed by atoms with Gasteiger partial charge in [-0.3, -0.25) is 4.79 Å².